The van der Waals surface area contributed by atoms with Crippen LogP contribution >= 0.6 is 15.9 Å². The molecule has 1 saturated heterocycles. The molecule has 1 aliphatic rings. The highest BCUT2D eigenvalue weighted by Crippen LogP contribution is 2.32. The fourth-order valence-corrected chi connectivity index (χ4v) is 2.44. The highest BCUT2D eigenvalue weighted by Gasteiger charge is 2.23. The fourth-order valence-electron chi connectivity index (χ4n) is 1.81. The van der Waals surface area contributed by atoms with Gasteiger partial charge in [0.25, 0.3) is 0 Å². The molecule has 0 aromatic carbocycles. The summed E-state index contributed by atoms with van der Waals surface area (Å²) in [6.45, 7) is 4.97. The number of hydrogen-bond donors (Lipinski definition) is 1. The molecular formula is C11H16BrN3O. The molecule has 1 atom stereocenters. The predicted molar refractivity (Wildman–Crippen MR) is 66.2 cm³/mol. The van der Waals surface area contributed by atoms with Gasteiger partial charge in [-0.3, -0.25) is 0 Å². The number of anilines is 1. The lowest BCUT2D eigenvalue weighted by atomic mass is 10.1. The Morgan fingerprint density at radius 3 is 2.75 bits per heavy atom. The molecule has 0 bridgehead atoms. The summed E-state index contributed by atoms with van der Waals surface area (Å²) in [4.78, 5) is 8.84. The van der Waals surface area contributed by atoms with Crippen molar-refractivity contribution in [3.05, 3.63) is 16.0 Å². The molecule has 0 amide bonds. The lowest BCUT2D eigenvalue weighted by Gasteiger charge is -2.14. The highest BCUT2D eigenvalue weighted by molar-refractivity contribution is 9.10. The third-order valence-corrected chi connectivity index (χ3v) is 3.50. The molecule has 1 aromatic heterocycles. The van der Waals surface area contributed by atoms with Crippen LogP contribution in [0.25, 0.3) is 0 Å². The average Bonchev–Trinajstić information content (AvgIpc) is 2.74. The standard InChI is InChI=1S/C11H16BrN3O/c1-6(2)9-8(12)10(13)15-11(14-9)7-4-3-5-16-7/h6-7H,3-5H2,1-2H3,(H2,13,14,15). The molecule has 0 aliphatic carbocycles. The average molecular weight is 286 g/mol. The number of rotatable bonds is 2. The molecule has 5 heteroatoms. The Hall–Kier alpha value is -0.680. The third kappa shape index (κ3) is 2.20. The van der Waals surface area contributed by atoms with E-state index in [2.05, 4.69) is 39.7 Å². The molecule has 16 heavy (non-hydrogen) atoms. The number of hydrogen-bond acceptors (Lipinski definition) is 4. The number of nitrogen functional groups attached to an aromatic ring is 1. The summed E-state index contributed by atoms with van der Waals surface area (Å²) in [5.41, 5.74) is 6.83. The molecule has 1 unspecified atom stereocenters. The van der Waals surface area contributed by atoms with Gasteiger partial charge in [-0.1, -0.05) is 13.8 Å². The van der Waals surface area contributed by atoms with Crippen LogP contribution in [0.15, 0.2) is 4.47 Å². The Morgan fingerprint density at radius 2 is 2.19 bits per heavy atom. The number of aromatic nitrogens is 2. The molecule has 2 N–H and O–H groups in total. The van der Waals surface area contributed by atoms with Crippen molar-refractivity contribution in [1.82, 2.24) is 9.97 Å². The first-order valence-electron chi connectivity index (χ1n) is 5.54. The molecule has 2 heterocycles. The Bertz CT molecular complexity index is 389. The van der Waals surface area contributed by atoms with Crippen LogP contribution in [0.4, 0.5) is 5.82 Å². The van der Waals surface area contributed by atoms with Crippen molar-refractivity contribution < 1.29 is 4.74 Å². The van der Waals surface area contributed by atoms with Crippen LogP contribution in [0.3, 0.4) is 0 Å². The highest BCUT2D eigenvalue weighted by atomic mass is 79.9. The Morgan fingerprint density at radius 1 is 1.44 bits per heavy atom. The van der Waals surface area contributed by atoms with Crippen LogP contribution in [-0.4, -0.2) is 16.6 Å². The van der Waals surface area contributed by atoms with Crippen molar-refractivity contribution in [3.8, 4) is 0 Å². The maximum absolute atomic E-state index is 5.87. The number of nitrogens with two attached hydrogens (primary N) is 1. The first-order chi connectivity index (χ1) is 7.59. The van der Waals surface area contributed by atoms with Gasteiger partial charge in [0.15, 0.2) is 5.82 Å². The van der Waals surface area contributed by atoms with E-state index in [1.54, 1.807) is 0 Å². The van der Waals surface area contributed by atoms with E-state index in [0.29, 0.717) is 11.7 Å². The van der Waals surface area contributed by atoms with Gasteiger partial charge < -0.3 is 10.5 Å². The first kappa shape index (κ1) is 11.8. The molecule has 1 fully saturated rings. The Balaban J connectivity index is 2.39. The lowest BCUT2D eigenvalue weighted by molar-refractivity contribution is 0.105. The minimum absolute atomic E-state index is 0.0212. The summed E-state index contributed by atoms with van der Waals surface area (Å²) < 4.78 is 6.38. The smallest absolute Gasteiger partial charge is 0.159 e. The van der Waals surface area contributed by atoms with Gasteiger partial charge in [-0.2, -0.15) is 0 Å². The Kier molecular flexibility index (Phi) is 3.44. The van der Waals surface area contributed by atoms with Gasteiger partial charge in [0.05, 0.1) is 10.2 Å². The summed E-state index contributed by atoms with van der Waals surface area (Å²) in [6.07, 6.45) is 2.08. The van der Waals surface area contributed by atoms with Crippen LogP contribution in [0.5, 0.6) is 0 Å². The summed E-state index contributed by atoms with van der Waals surface area (Å²) in [7, 11) is 0. The predicted octanol–water partition coefficient (Wildman–Crippen LogP) is 2.80. The molecule has 1 aliphatic heterocycles. The topological polar surface area (TPSA) is 61.0 Å². The lowest BCUT2D eigenvalue weighted by Crippen LogP contribution is -2.10. The first-order valence-corrected chi connectivity index (χ1v) is 6.33. The Labute approximate surface area is 104 Å². The van der Waals surface area contributed by atoms with Crippen LogP contribution in [0, 0.1) is 0 Å². The second-order valence-electron chi connectivity index (χ2n) is 4.32. The van der Waals surface area contributed by atoms with Crippen molar-refractivity contribution in [1.29, 1.82) is 0 Å². The van der Waals surface area contributed by atoms with Crippen molar-refractivity contribution in [2.24, 2.45) is 0 Å². The molecule has 4 nitrogen and oxygen atoms in total. The zero-order chi connectivity index (χ0) is 11.7. The maximum Gasteiger partial charge on any atom is 0.159 e. The number of ether oxygens (including phenoxy) is 1. The van der Waals surface area contributed by atoms with E-state index in [-0.39, 0.29) is 6.10 Å². The van der Waals surface area contributed by atoms with E-state index < -0.39 is 0 Å². The van der Waals surface area contributed by atoms with Crippen LogP contribution in [0.1, 0.15) is 50.2 Å². The fraction of sp³-hybridized carbons (Fsp3) is 0.636. The summed E-state index contributed by atoms with van der Waals surface area (Å²) >= 11 is 3.43. The van der Waals surface area contributed by atoms with E-state index >= 15 is 0 Å². The molecule has 2 rings (SSSR count). The van der Waals surface area contributed by atoms with E-state index in [0.717, 1.165) is 35.4 Å². The van der Waals surface area contributed by atoms with Crippen molar-refractivity contribution in [2.75, 3.05) is 12.3 Å². The van der Waals surface area contributed by atoms with Gasteiger partial charge >= 0.3 is 0 Å². The maximum atomic E-state index is 5.87. The largest absolute Gasteiger partial charge is 0.383 e. The summed E-state index contributed by atoms with van der Waals surface area (Å²) in [5.74, 6) is 1.55. The molecule has 0 saturated carbocycles. The van der Waals surface area contributed by atoms with Crippen LogP contribution in [0.2, 0.25) is 0 Å². The van der Waals surface area contributed by atoms with E-state index in [4.69, 9.17) is 10.5 Å². The minimum Gasteiger partial charge on any atom is -0.383 e. The SMILES string of the molecule is CC(C)c1nc(C2CCCO2)nc(N)c1Br. The van der Waals surface area contributed by atoms with Crippen LogP contribution < -0.4 is 5.73 Å². The van der Waals surface area contributed by atoms with Crippen molar-refractivity contribution >= 4 is 21.7 Å². The molecular weight excluding hydrogens is 270 g/mol. The molecule has 88 valence electrons. The van der Waals surface area contributed by atoms with E-state index in [1.807, 2.05) is 0 Å². The van der Waals surface area contributed by atoms with Crippen molar-refractivity contribution in [2.45, 2.75) is 38.7 Å². The van der Waals surface area contributed by atoms with Crippen LogP contribution in [-0.2, 0) is 4.74 Å². The van der Waals surface area contributed by atoms with E-state index in [9.17, 15) is 0 Å². The number of nitrogens with zero attached hydrogens (tertiary/aromatic N) is 2. The summed E-state index contributed by atoms with van der Waals surface area (Å²) in [5, 5.41) is 0. The van der Waals surface area contributed by atoms with Gasteiger partial charge in [0.1, 0.15) is 11.9 Å². The molecule has 0 spiro atoms. The number of halogens is 1. The normalized spacial score (nSPS) is 20.6. The quantitative estimate of drug-likeness (QED) is 0.908. The van der Waals surface area contributed by atoms with Gasteiger partial charge in [-0.05, 0) is 34.7 Å². The zero-order valence-corrected chi connectivity index (χ0v) is 11.1. The minimum atomic E-state index is 0.0212. The van der Waals surface area contributed by atoms with Gasteiger partial charge in [0, 0.05) is 6.61 Å². The molecule has 1 aromatic rings. The van der Waals surface area contributed by atoms with Crippen molar-refractivity contribution in [3.63, 3.8) is 0 Å². The molecule has 0 radical (unpaired) electrons. The van der Waals surface area contributed by atoms with E-state index in [1.165, 1.54) is 0 Å². The second kappa shape index (κ2) is 4.67. The van der Waals surface area contributed by atoms with Gasteiger partial charge in [0.2, 0.25) is 0 Å². The zero-order valence-electron chi connectivity index (χ0n) is 9.53. The second-order valence-corrected chi connectivity index (χ2v) is 5.12. The van der Waals surface area contributed by atoms with Gasteiger partial charge in [-0.15, -0.1) is 0 Å². The summed E-state index contributed by atoms with van der Waals surface area (Å²) in [6, 6.07) is 0. The third-order valence-electron chi connectivity index (χ3n) is 2.68. The van der Waals surface area contributed by atoms with Gasteiger partial charge in [-0.25, -0.2) is 9.97 Å². The monoisotopic (exact) mass is 285 g/mol.